The summed E-state index contributed by atoms with van der Waals surface area (Å²) in [4.78, 5) is 7.42. The van der Waals surface area contributed by atoms with E-state index in [0.29, 0.717) is 0 Å². The molecule has 2 heterocycles. The predicted octanol–water partition coefficient (Wildman–Crippen LogP) is 2.81. The summed E-state index contributed by atoms with van der Waals surface area (Å²) in [6, 6.07) is 11.9. The van der Waals surface area contributed by atoms with Gasteiger partial charge in [0.1, 0.15) is 5.65 Å². The van der Waals surface area contributed by atoms with Crippen LogP contribution in [0.1, 0.15) is 0 Å². The maximum Gasteiger partial charge on any atom is 0.137 e. The molecule has 3 heteroatoms. The van der Waals surface area contributed by atoms with Gasteiger partial charge in [-0.3, -0.25) is 0 Å². The highest BCUT2D eigenvalue weighted by Crippen LogP contribution is 2.27. The number of aromatic amines is 1. The summed E-state index contributed by atoms with van der Waals surface area (Å²) < 4.78 is 0. The van der Waals surface area contributed by atoms with Crippen molar-refractivity contribution in [3.8, 4) is 11.1 Å². The summed E-state index contributed by atoms with van der Waals surface area (Å²) >= 11 is 0. The average Bonchev–Trinajstić information content (AvgIpc) is 2.74. The second kappa shape index (κ2) is 3.38. The zero-order chi connectivity index (χ0) is 11.0. The van der Waals surface area contributed by atoms with Gasteiger partial charge in [-0.25, -0.2) is 4.98 Å². The Morgan fingerprint density at radius 1 is 1.06 bits per heavy atom. The third kappa shape index (κ3) is 1.34. The van der Waals surface area contributed by atoms with Crippen molar-refractivity contribution in [2.75, 3.05) is 5.73 Å². The number of pyridine rings is 1. The summed E-state index contributed by atoms with van der Waals surface area (Å²) in [6.45, 7) is 0. The van der Waals surface area contributed by atoms with Gasteiger partial charge in [-0.1, -0.05) is 12.1 Å². The van der Waals surface area contributed by atoms with Gasteiger partial charge in [-0.2, -0.15) is 0 Å². The van der Waals surface area contributed by atoms with E-state index in [1.54, 1.807) is 6.20 Å². The van der Waals surface area contributed by atoms with E-state index in [4.69, 9.17) is 5.73 Å². The van der Waals surface area contributed by atoms with Gasteiger partial charge < -0.3 is 10.7 Å². The molecule has 3 N–H and O–H groups in total. The molecule has 2 aromatic heterocycles. The summed E-state index contributed by atoms with van der Waals surface area (Å²) in [5.41, 5.74) is 9.67. The summed E-state index contributed by atoms with van der Waals surface area (Å²) in [6.07, 6.45) is 3.76. The average molecular weight is 209 g/mol. The first-order valence-electron chi connectivity index (χ1n) is 5.12. The van der Waals surface area contributed by atoms with Gasteiger partial charge in [0, 0.05) is 29.0 Å². The van der Waals surface area contributed by atoms with Crippen molar-refractivity contribution in [2.24, 2.45) is 0 Å². The van der Waals surface area contributed by atoms with Gasteiger partial charge in [0.2, 0.25) is 0 Å². The number of aromatic nitrogens is 2. The van der Waals surface area contributed by atoms with E-state index in [0.717, 1.165) is 27.8 Å². The number of rotatable bonds is 1. The van der Waals surface area contributed by atoms with Gasteiger partial charge in [0.15, 0.2) is 0 Å². The van der Waals surface area contributed by atoms with Crippen LogP contribution in [-0.4, -0.2) is 9.97 Å². The van der Waals surface area contributed by atoms with E-state index in [2.05, 4.69) is 16.0 Å². The van der Waals surface area contributed by atoms with Crippen LogP contribution in [0, 0.1) is 0 Å². The van der Waals surface area contributed by atoms with E-state index in [-0.39, 0.29) is 0 Å². The Bertz CT molecular complexity index is 623. The number of nitrogen functional groups attached to an aromatic ring is 1. The van der Waals surface area contributed by atoms with Crippen molar-refractivity contribution in [3.63, 3.8) is 0 Å². The van der Waals surface area contributed by atoms with Crippen LogP contribution in [0.15, 0.2) is 48.8 Å². The zero-order valence-electron chi connectivity index (χ0n) is 8.64. The minimum Gasteiger partial charge on any atom is -0.399 e. The Kier molecular flexibility index (Phi) is 1.90. The Hall–Kier alpha value is -2.29. The summed E-state index contributed by atoms with van der Waals surface area (Å²) in [5.74, 6) is 0. The standard InChI is InChI=1S/C13H11N3/c14-10-5-3-9(4-6-10)12-8-16-13-11(12)2-1-7-15-13/h1-8H,14H2,(H,15,16). The van der Waals surface area contributed by atoms with Crippen molar-refractivity contribution in [3.05, 3.63) is 48.8 Å². The second-order valence-electron chi connectivity index (χ2n) is 3.72. The molecule has 0 bridgehead atoms. The Labute approximate surface area is 92.9 Å². The van der Waals surface area contributed by atoms with Gasteiger partial charge in [-0.05, 0) is 29.8 Å². The van der Waals surface area contributed by atoms with E-state index in [1.165, 1.54) is 0 Å². The third-order valence-corrected chi connectivity index (χ3v) is 2.67. The van der Waals surface area contributed by atoms with Crippen molar-refractivity contribution < 1.29 is 0 Å². The van der Waals surface area contributed by atoms with Gasteiger partial charge >= 0.3 is 0 Å². The Morgan fingerprint density at radius 2 is 1.88 bits per heavy atom. The fourth-order valence-electron chi connectivity index (χ4n) is 1.86. The SMILES string of the molecule is Nc1ccc(-c2c[nH]c3ncccc23)cc1. The lowest BCUT2D eigenvalue weighted by atomic mass is 10.1. The smallest absolute Gasteiger partial charge is 0.137 e. The Morgan fingerprint density at radius 3 is 2.69 bits per heavy atom. The number of nitrogens with zero attached hydrogens (tertiary/aromatic N) is 1. The van der Waals surface area contributed by atoms with Crippen LogP contribution in [0.5, 0.6) is 0 Å². The van der Waals surface area contributed by atoms with Gasteiger partial charge in [0.25, 0.3) is 0 Å². The van der Waals surface area contributed by atoms with Gasteiger partial charge in [-0.15, -0.1) is 0 Å². The summed E-state index contributed by atoms with van der Waals surface area (Å²) in [7, 11) is 0. The first kappa shape index (κ1) is 8.97. The van der Waals surface area contributed by atoms with E-state index < -0.39 is 0 Å². The molecule has 3 rings (SSSR count). The molecule has 0 radical (unpaired) electrons. The fourth-order valence-corrected chi connectivity index (χ4v) is 1.86. The second-order valence-corrected chi connectivity index (χ2v) is 3.72. The van der Waals surface area contributed by atoms with Crippen LogP contribution < -0.4 is 5.73 Å². The predicted molar refractivity (Wildman–Crippen MR) is 65.9 cm³/mol. The molecule has 78 valence electrons. The molecule has 0 fully saturated rings. The molecule has 0 aliphatic rings. The van der Waals surface area contributed by atoms with E-state index >= 15 is 0 Å². The molecule has 0 saturated carbocycles. The molecule has 0 aliphatic carbocycles. The molecule has 0 atom stereocenters. The van der Waals surface area contributed by atoms with Crippen molar-refractivity contribution in [1.29, 1.82) is 0 Å². The number of fused-ring (bicyclic) bond motifs is 1. The molecule has 0 spiro atoms. The van der Waals surface area contributed by atoms with Crippen LogP contribution in [0.2, 0.25) is 0 Å². The molecule has 0 aliphatic heterocycles. The van der Waals surface area contributed by atoms with E-state index in [9.17, 15) is 0 Å². The lowest BCUT2D eigenvalue weighted by Gasteiger charge is -1.99. The third-order valence-electron chi connectivity index (χ3n) is 2.67. The molecule has 0 unspecified atom stereocenters. The molecular weight excluding hydrogens is 198 g/mol. The lowest BCUT2D eigenvalue weighted by Crippen LogP contribution is -1.83. The molecule has 0 amide bonds. The first-order chi connectivity index (χ1) is 7.84. The first-order valence-corrected chi connectivity index (χ1v) is 5.12. The minimum atomic E-state index is 0.779. The molecule has 3 aromatic rings. The molecular formula is C13H11N3. The van der Waals surface area contributed by atoms with Crippen LogP contribution in [-0.2, 0) is 0 Å². The van der Waals surface area contributed by atoms with Crippen molar-refractivity contribution >= 4 is 16.7 Å². The number of nitrogens with two attached hydrogens (primary N) is 1. The van der Waals surface area contributed by atoms with Crippen LogP contribution in [0.25, 0.3) is 22.2 Å². The molecule has 0 saturated heterocycles. The molecule has 3 nitrogen and oxygen atoms in total. The number of hydrogen-bond acceptors (Lipinski definition) is 2. The van der Waals surface area contributed by atoms with Crippen molar-refractivity contribution in [1.82, 2.24) is 9.97 Å². The normalized spacial score (nSPS) is 10.8. The fraction of sp³-hybridized carbons (Fsp3) is 0. The number of anilines is 1. The monoisotopic (exact) mass is 209 g/mol. The maximum absolute atomic E-state index is 5.67. The van der Waals surface area contributed by atoms with Gasteiger partial charge in [0.05, 0.1) is 0 Å². The minimum absolute atomic E-state index is 0.779. The topological polar surface area (TPSA) is 54.7 Å². The highest BCUT2D eigenvalue weighted by Gasteiger charge is 2.05. The number of benzene rings is 1. The largest absolute Gasteiger partial charge is 0.399 e. The van der Waals surface area contributed by atoms with Crippen LogP contribution >= 0.6 is 0 Å². The number of hydrogen-bond donors (Lipinski definition) is 2. The Balaban J connectivity index is 2.22. The van der Waals surface area contributed by atoms with E-state index in [1.807, 2.05) is 36.5 Å². The summed E-state index contributed by atoms with van der Waals surface area (Å²) in [5, 5.41) is 1.13. The van der Waals surface area contributed by atoms with Crippen LogP contribution in [0.3, 0.4) is 0 Å². The maximum atomic E-state index is 5.67. The molecule has 1 aromatic carbocycles. The molecule has 16 heavy (non-hydrogen) atoms. The quantitative estimate of drug-likeness (QED) is 0.605. The van der Waals surface area contributed by atoms with Crippen LogP contribution in [0.4, 0.5) is 5.69 Å². The number of H-pyrrole nitrogens is 1. The lowest BCUT2D eigenvalue weighted by molar-refractivity contribution is 1.33. The number of nitrogens with one attached hydrogen (secondary N) is 1. The highest BCUT2D eigenvalue weighted by molar-refractivity contribution is 5.93. The zero-order valence-corrected chi connectivity index (χ0v) is 8.64. The van der Waals surface area contributed by atoms with Crippen molar-refractivity contribution in [2.45, 2.75) is 0 Å². The highest BCUT2D eigenvalue weighted by atomic mass is 14.8.